The molecule has 1 heterocycles. The van der Waals surface area contributed by atoms with Crippen molar-refractivity contribution in [1.29, 1.82) is 0 Å². The van der Waals surface area contributed by atoms with E-state index in [0.29, 0.717) is 22.7 Å². The molecular weight excluding hydrogens is 262 g/mol. The second-order valence-electron chi connectivity index (χ2n) is 5.27. The first-order chi connectivity index (χ1) is 9.27. The number of halogens is 1. The predicted octanol–water partition coefficient (Wildman–Crippen LogP) is 3.12. The first-order valence-corrected chi connectivity index (χ1v) is 7.30. The third-order valence-corrected chi connectivity index (χ3v) is 4.19. The van der Waals surface area contributed by atoms with E-state index in [0.717, 1.165) is 38.9 Å². The van der Waals surface area contributed by atoms with Gasteiger partial charge < -0.3 is 9.64 Å². The van der Waals surface area contributed by atoms with Gasteiger partial charge in [0.05, 0.1) is 10.6 Å². The number of nitrogens with zero attached hydrogens (tertiary/aromatic N) is 1. The number of carbonyl (C=O) groups excluding carboxylic acids is 1. The SMILES string of the molecule is O=C(c1ccccc1Cl)N(C1CCOCC1)C1CC1. The van der Waals surface area contributed by atoms with E-state index in [9.17, 15) is 4.79 Å². The second kappa shape index (κ2) is 5.51. The summed E-state index contributed by atoms with van der Waals surface area (Å²) in [5.41, 5.74) is 0.627. The van der Waals surface area contributed by atoms with E-state index in [1.807, 2.05) is 18.2 Å². The molecule has 0 bridgehead atoms. The standard InChI is InChI=1S/C15H18ClNO2/c16-14-4-2-1-3-13(14)15(18)17(11-5-6-11)12-7-9-19-10-8-12/h1-4,11-12H,5-10H2. The number of rotatable bonds is 3. The topological polar surface area (TPSA) is 29.5 Å². The van der Waals surface area contributed by atoms with Crippen LogP contribution in [0, 0.1) is 0 Å². The van der Waals surface area contributed by atoms with E-state index in [-0.39, 0.29) is 5.91 Å². The normalized spacial score (nSPS) is 20.3. The van der Waals surface area contributed by atoms with Gasteiger partial charge in [-0.25, -0.2) is 0 Å². The van der Waals surface area contributed by atoms with Crippen LogP contribution < -0.4 is 0 Å². The zero-order valence-electron chi connectivity index (χ0n) is 10.8. The van der Waals surface area contributed by atoms with Crippen LogP contribution in [0.25, 0.3) is 0 Å². The van der Waals surface area contributed by atoms with Gasteiger partial charge in [0.25, 0.3) is 5.91 Å². The molecule has 2 fully saturated rings. The average Bonchev–Trinajstić information content (AvgIpc) is 3.25. The molecule has 1 aromatic carbocycles. The molecule has 3 rings (SSSR count). The lowest BCUT2D eigenvalue weighted by molar-refractivity contribution is 0.0267. The van der Waals surface area contributed by atoms with Crippen LogP contribution in [0.1, 0.15) is 36.0 Å². The molecule has 19 heavy (non-hydrogen) atoms. The first-order valence-electron chi connectivity index (χ1n) is 6.92. The Morgan fingerprint density at radius 1 is 1.11 bits per heavy atom. The van der Waals surface area contributed by atoms with Gasteiger partial charge in [0.1, 0.15) is 0 Å². The summed E-state index contributed by atoms with van der Waals surface area (Å²) >= 11 is 6.16. The van der Waals surface area contributed by atoms with Crippen molar-refractivity contribution < 1.29 is 9.53 Å². The molecule has 102 valence electrons. The van der Waals surface area contributed by atoms with Gasteiger partial charge in [0.15, 0.2) is 0 Å². The van der Waals surface area contributed by atoms with Crippen LogP contribution >= 0.6 is 11.6 Å². The minimum absolute atomic E-state index is 0.0833. The third-order valence-electron chi connectivity index (χ3n) is 3.86. The molecule has 1 aliphatic carbocycles. The maximum absolute atomic E-state index is 12.7. The van der Waals surface area contributed by atoms with Crippen molar-refractivity contribution in [3.8, 4) is 0 Å². The van der Waals surface area contributed by atoms with Crippen LogP contribution in [-0.2, 0) is 4.74 Å². The average molecular weight is 280 g/mol. The summed E-state index contributed by atoms with van der Waals surface area (Å²) in [6.07, 6.45) is 4.11. The summed E-state index contributed by atoms with van der Waals surface area (Å²) in [5.74, 6) is 0.0833. The lowest BCUT2D eigenvalue weighted by Crippen LogP contribution is -2.44. The number of ether oxygens (including phenoxy) is 1. The van der Waals surface area contributed by atoms with Crippen LogP contribution in [0.3, 0.4) is 0 Å². The second-order valence-corrected chi connectivity index (χ2v) is 5.67. The molecule has 1 amide bonds. The Morgan fingerprint density at radius 3 is 2.37 bits per heavy atom. The minimum Gasteiger partial charge on any atom is -0.381 e. The zero-order chi connectivity index (χ0) is 13.2. The molecule has 1 saturated carbocycles. The van der Waals surface area contributed by atoms with E-state index < -0.39 is 0 Å². The van der Waals surface area contributed by atoms with E-state index in [1.165, 1.54) is 0 Å². The summed E-state index contributed by atoms with van der Waals surface area (Å²) in [5, 5.41) is 0.546. The van der Waals surface area contributed by atoms with Gasteiger partial charge in [-0.2, -0.15) is 0 Å². The van der Waals surface area contributed by atoms with Crippen molar-refractivity contribution in [2.75, 3.05) is 13.2 Å². The van der Waals surface area contributed by atoms with E-state index in [2.05, 4.69) is 4.90 Å². The Labute approximate surface area is 118 Å². The number of amides is 1. The molecule has 1 saturated heterocycles. The van der Waals surface area contributed by atoms with Crippen molar-refractivity contribution in [2.45, 2.75) is 37.8 Å². The maximum atomic E-state index is 12.7. The fourth-order valence-corrected chi connectivity index (χ4v) is 2.94. The maximum Gasteiger partial charge on any atom is 0.255 e. The van der Waals surface area contributed by atoms with Gasteiger partial charge in [0, 0.05) is 25.3 Å². The summed E-state index contributed by atoms with van der Waals surface area (Å²) in [6.45, 7) is 1.51. The highest BCUT2D eigenvalue weighted by Gasteiger charge is 2.38. The molecule has 1 aliphatic heterocycles. The molecule has 0 spiro atoms. The smallest absolute Gasteiger partial charge is 0.255 e. The summed E-state index contributed by atoms with van der Waals surface area (Å²) < 4.78 is 5.40. The molecule has 4 heteroatoms. The fourth-order valence-electron chi connectivity index (χ4n) is 2.72. The molecule has 0 unspecified atom stereocenters. The van der Waals surface area contributed by atoms with E-state index in [1.54, 1.807) is 6.07 Å². The van der Waals surface area contributed by atoms with Crippen LogP contribution in [0.5, 0.6) is 0 Å². The summed E-state index contributed by atoms with van der Waals surface area (Å²) in [7, 11) is 0. The number of carbonyl (C=O) groups is 1. The highest BCUT2D eigenvalue weighted by Crippen LogP contribution is 2.33. The van der Waals surface area contributed by atoms with Gasteiger partial charge in [-0.3, -0.25) is 4.79 Å². The Morgan fingerprint density at radius 2 is 1.74 bits per heavy atom. The van der Waals surface area contributed by atoms with E-state index in [4.69, 9.17) is 16.3 Å². The first kappa shape index (κ1) is 12.9. The van der Waals surface area contributed by atoms with Crippen molar-refractivity contribution >= 4 is 17.5 Å². The van der Waals surface area contributed by atoms with Gasteiger partial charge in [0.2, 0.25) is 0 Å². The molecule has 2 aliphatic rings. The van der Waals surface area contributed by atoms with Gasteiger partial charge in [-0.15, -0.1) is 0 Å². The molecule has 0 radical (unpaired) electrons. The van der Waals surface area contributed by atoms with Crippen molar-refractivity contribution in [2.24, 2.45) is 0 Å². The largest absolute Gasteiger partial charge is 0.381 e. The Hall–Kier alpha value is -1.06. The van der Waals surface area contributed by atoms with Crippen LogP contribution in [-0.4, -0.2) is 36.1 Å². The fraction of sp³-hybridized carbons (Fsp3) is 0.533. The van der Waals surface area contributed by atoms with Crippen molar-refractivity contribution in [1.82, 2.24) is 4.90 Å². The van der Waals surface area contributed by atoms with Crippen molar-refractivity contribution in [3.63, 3.8) is 0 Å². The molecular formula is C15H18ClNO2. The quantitative estimate of drug-likeness (QED) is 0.851. The van der Waals surface area contributed by atoms with Gasteiger partial charge in [-0.05, 0) is 37.8 Å². The van der Waals surface area contributed by atoms with Crippen LogP contribution in [0.2, 0.25) is 5.02 Å². The molecule has 0 aromatic heterocycles. The molecule has 3 nitrogen and oxygen atoms in total. The number of hydrogen-bond acceptors (Lipinski definition) is 2. The Balaban J connectivity index is 1.83. The predicted molar refractivity (Wildman–Crippen MR) is 74.5 cm³/mol. The number of benzene rings is 1. The Bertz CT molecular complexity index is 467. The van der Waals surface area contributed by atoms with Gasteiger partial charge in [-0.1, -0.05) is 23.7 Å². The van der Waals surface area contributed by atoms with Crippen molar-refractivity contribution in [3.05, 3.63) is 34.9 Å². The Kier molecular flexibility index (Phi) is 3.76. The van der Waals surface area contributed by atoms with Crippen LogP contribution in [0.4, 0.5) is 0 Å². The monoisotopic (exact) mass is 279 g/mol. The highest BCUT2D eigenvalue weighted by atomic mass is 35.5. The molecule has 1 aromatic rings. The zero-order valence-corrected chi connectivity index (χ0v) is 11.6. The highest BCUT2D eigenvalue weighted by molar-refractivity contribution is 6.33. The summed E-state index contributed by atoms with van der Waals surface area (Å²) in [6, 6.07) is 8.05. The van der Waals surface area contributed by atoms with E-state index >= 15 is 0 Å². The van der Waals surface area contributed by atoms with Crippen LogP contribution in [0.15, 0.2) is 24.3 Å². The summed E-state index contributed by atoms with van der Waals surface area (Å²) in [4.78, 5) is 14.8. The van der Waals surface area contributed by atoms with Gasteiger partial charge >= 0.3 is 0 Å². The lowest BCUT2D eigenvalue weighted by atomic mass is 10.0. The lowest BCUT2D eigenvalue weighted by Gasteiger charge is -2.34. The number of hydrogen-bond donors (Lipinski definition) is 0. The molecule has 0 N–H and O–H groups in total. The molecule has 0 atom stereocenters. The minimum atomic E-state index is 0.0833. The third kappa shape index (κ3) is 2.77.